The van der Waals surface area contributed by atoms with Crippen LogP contribution in [-0.4, -0.2) is 41.8 Å². The molecule has 2 rings (SSSR count). The number of halogens is 1. The summed E-state index contributed by atoms with van der Waals surface area (Å²) in [6, 6.07) is 0. The average Bonchev–Trinajstić information content (AvgIpc) is 2.06. The van der Waals surface area contributed by atoms with E-state index in [4.69, 9.17) is 5.11 Å². The molecule has 2 fully saturated rings. The summed E-state index contributed by atoms with van der Waals surface area (Å²) in [4.78, 5) is 13.0. The van der Waals surface area contributed by atoms with Gasteiger partial charge < -0.3 is 10.0 Å². The Morgan fingerprint density at radius 1 is 1.44 bits per heavy atom. The van der Waals surface area contributed by atoms with Gasteiger partial charge in [0.1, 0.15) is 5.67 Å². The fourth-order valence-corrected chi connectivity index (χ4v) is 3.67. The van der Waals surface area contributed by atoms with E-state index in [-0.39, 0.29) is 24.2 Å². The smallest absolute Gasteiger partial charge is 0.303 e. The molecule has 1 saturated carbocycles. The second-order valence-electron chi connectivity index (χ2n) is 5.82. The number of carbonyl (C=O) groups is 1. The van der Waals surface area contributed by atoms with Crippen LogP contribution in [0.25, 0.3) is 0 Å². The first-order valence-electron chi connectivity index (χ1n) is 5.96. The van der Waals surface area contributed by atoms with E-state index in [2.05, 4.69) is 4.90 Å². The van der Waals surface area contributed by atoms with Crippen LogP contribution in [0.2, 0.25) is 0 Å². The van der Waals surface area contributed by atoms with Crippen LogP contribution in [0.15, 0.2) is 0 Å². The molecule has 1 aliphatic heterocycles. The summed E-state index contributed by atoms with van der Waals surface area (Å²) in [6.07, 6.45) is 1.25. The number of carboxylic acids is 1. The molecule has 1 aliphatic carbocycles. The quantitative estimate of drug-likeness (QED) is 0.784. The maximum Gasteiger partial charge on any atom is 0.303 e. The highest BCUT2D eigenvalue weighted by Gasteiger charge is 2.47. The maximum absolute atomic E-state index is 14.1. The van der Waals surface area contributed by atoms with Gasteiger partial charge in [-0.2, -0.15) is 0 Å². The number of fused-ring (bicyclic) bond motifs is 2. The van der Waals surface area contributed by atoms with Crippen molar-refractivity contribution in [1.29, 1.82) is 0 Å². The topological polar surface area (TPSA) is 40.5 Å². The first-order chi connectivity index (χ1) is 7.37. The lowest BCUT2D eigenvalue weighted by Gasteiger charge is -2.50. The van der Waals surface area contributed by atoms with Crippen molar-refractivity contribution >= 4 is 5.97 Å². The van der Waals surface area contributed by atoms with Gasteiger partial charge in [-0.1, -0.05) is 0 Å². The summed E-state index contributed by atoms with van der Waals surface area (Å²) in [5.74, 6) is -0.142. The number of rotatable bonds is 2. The van der Waals surface area contributed by atoms with Gasteiger partial charge in [0.05, 0.1) is 0 Å². The molecule has 2 unspecified atom stereocenters. The molecular formula is C12H20FNO2. The van der Waals surface area contributed by atoms with Crippen LogP contribution in [0.5, 0.6) is 0 Å². The predicted molar refractivity (Wildman–Crippen MR) is 59.0 cm³/mol. The SMILES string of the molecule is CN1CC2CC(C)(F)CC(C1)C2CC(=O)O. The predicted octanol–water partition coefficient (Wildman–Crippen LogP) is 1.78. The zero-order chi connectivity index (χ0) is 11.9. The zero-order valence-electron chi connectivity index (χ0n) is 9.95. The number of aliphatic carboxylic acids is 1. The lowest BCUT2D eigenvalue weighted by molar-refractivity contribution is -0.142. The van der Waals surface area contributed by atoms with Crippen molar-refractivity contribution in [2.75, 3.05) is 20.1 Å². The Morgan fingerprint density at radius 2 is 1.94 bits per heavy atom. The van der Waals surface area contributed by atoms with E-state index in [1.54, 1.807) is 6.92 Å². The van der Waals surface area contributed by atoms with Crippen LogP contribution >= 0.6 is 0 Å². The molecule has 0 aromatic rings. The number of hydrogen-bond acceptors (Lipinski definition) is 2. The van der Waals surface area contributed by atoms with Gasteiger partial charge in [0.25, 0.3) is 0 Å². The van der Waals surface area contributed by atoms with E-state index in [0.717, 1.165) is 13.1 Å². The molecule has 3 nitrogen and oxygen atoms in total. The fraction of sp³-hybridized carbons (Fsp3) is 0.917. The Kier molecular flexibility index (Phi) is 2.95. The van der Waals surface area contributed by atoms with Crippen LogP contribution < -0.4 is 0 Å². The van der Waals surface area contributed by atoms with E-state index in [0.29, 0.717) is 12.8 Å². The molecule has 0 aromatic carbocycles. The van der Waals surface area contributed by atoms with E-state index in [9.17, 15) is 9.18 Å². The van der Waals surface area contributed by atoms with Crippen molar-refractivity contribution in [1.82, 2.24) is 4.90 Å². The molecule has 0 aromatic heterocycles. The Morgan fingerprint density at radius 3 is 2.38 bits per heavy atom. The molecule has 0 radical (unpaired) electrons. The lowest BCUT2D eigenvalue weighted by Crippen LogP contribution is -2.52. The minimum absolute atomic E-state index is 0.178. The number of hydrogen-bond donors (Lipinski definition) is 1. The van der Waals surface area contributed by atoms with Crippen molar-refractivity contribution in [3.63, 3.8) is 0 Å². The van der Waals surface area contributed by atoms with Crippen LogP contribution in [0.4, 0.5) is 4.39 Å². The van der Waals surface area contributed by atoms with Gasteiger partial charge in [0.15, 0.2) is 0 Å². The third-order valence-corrected chi connectivity index (χ3v) is 4.09. The van der Waals surface area contributed by atoms with Gasteiger partial charge in [-0.3, -0.25) is 4.79 Å². The zero-order valence-corrected chi connectivity index (χ0v) is 9.95. The molecule has 2 atom stereocenters. The van der Waals surface area contributed by atoms with Crippen LogP contribution in [0.1, 0.15) is 26.2 Å². The highest BCUT2D eigenvalue weighted by molar-refractivity contribution is 5.67. The Hall–Kier alpha value is -0.640. The van der Waals surface area contributed by atoms with Crippen molar-refractivity contribution in [2.45, 2.75) is 31.9 Å². The summed E-state index contributed by atoms with van der Waals surface area (Å²) in [6.45, 7) is 3.34. The highest BCUT2D eigenvalue weighted by atomic mass is 19.1. The summed E-state index contributed by atoms with van der Waals surface area (Å²) in [5.41, 5.74) is -1.09. The van der Waals surface area contributed by atoms with Crippen molar-refractivity contribution in [3.8, 4) is 0 Å². The molecule has 4 heteroatoms. The number of alkyl halides is 1. The van der Waals surface area contributed by atoms with Gasteiger partial charge in [-0.05, 0) is 44.6 Å². The summed E-state index contributed by atoms with van der Waals surface area (Å²) >= 11 is 0. The summed E-state index contributed by atoms with van der Waals surface area (Å²) in [5, 5.41) is 8.91. The number of piperidine rings is 1. The number of carboxylic acid groups (broad SMARTS) is 1. The second kappa shape index (κ2) is 3.99. The van der Waals surface area contributed by atoms with Gasteiger partial charge in [0, 0.05) is 19.5 Å². The van der Waals surface area contributed by atoms with E-state index < -0.39 is 11.6 Å². The molecule has 0 amide bonds. The van der Waals surface area contributed by atoms with Gasteiger partial charge >= 0.3 is 5.97 Å². The molecule has 2 bridgehead atoms. The van der Waals surface area contributed by atoms with Crippen LogP contribution in [0.3, 0.4) is 0 Å². The standard InChI is InChI=1S/C12H20FNO2/c1-12(13)4-8-6-14(2)7-9(5-12)10(8)3-11(15)16/h8-10H,3-7H2,1-2H3,(H,15,16). The molecule has 0 spiro atoms. The van der Waals surface area contributed by atoms with Crippen molar-refractivity contribution < 1.29 is 14.3 Å². The average molecular weight is 229 g/mol. The molecule has 16 heavy (non-hydrogen) atoms. The monoisotopic (exact) mass is 229 g/mol. The van der Waals surface area contributed by atoms with Crippen molar-refractivity contribution in [2.24, 2.45) is 17.8 Å². The third kappa shape index (κ3) is 2.37. The van der Waals surface area contributed by atoms with E-state index >= 15 is 0 Å². The molecule has 1 saturated heterocycles. The Bertz CT molecular complexity index is 275. The largest absolute Gasteiger partial charge is 0.481 e. The highest BCUT2D eigenvalue weighted by Crippen LogP contribution is 2.46. The molecule has 2 aliphatic rings. The van der Waals surface area contributed by atoms with Crippen molar-refractivity contribution in [3.05, 3.63) is 0 Å². The molecular weight excluding hydrogens is 209 g/mol. The number of nitrogens with zero attached hydrogens (tertiary/aromatic N) is 1. The Labute approximate surface area is 95.6 Å². The third-order valence-electron chi connectivity index (χ3n) is 4.09. The van der Waals surface area contributed by atoms with Crippen LogP contribution in [0, 0.1) is 17.8 Å². The summed E-state index contributed by atoms with van der Waals surface area (Å²) in [7, 11) is 2.04. The van der Waals surface area contributed by atoms with Crippen LogP contribution in [-0.2, 0) is 4.79 Å². The van der Waals surface area contributed by atoms with E-state index in [1.807, 2.05) is 7.05 Å². The number of likely N-dealkylation sites (tertiary alicyclic amines) is 1. The molecule has 1 heterocycles. The minimum atomic E-state index is -1.09. The van der Waals surface area contributed by atoms with Gasteiger partial charge in [-0.15, -0.1) is 0 Å². The molecule has 92 valence electrons. The normalized spacial score (nSPS) is 44.3. The van der Waals surface area contributed by atoms with E-state index in [1.165, 1.54) is 0 Å². The minimum Gasteiger partial charge on any atom is -0.481 e. The second-order valence-corrected chi connectivity index (χ2v) is 5.82. The Balaban J connectivity index is 2.13. The van der Waals surface area contributed by atoms with Gasteiger partial charge in [-0.25, -0.2) is 4.39 Å². The lowest BCUT2D eigenvalue weighted by atomic mass is 9.63. The maximum atomic E-state index is 14.1. The first-order valence-corrected chi connectivity index (χ1v) is 5.96. The first kappa shape index (κ1) is 11.8. The fourth-order valence-electron chi connectivity index (χ4n) is 3.67. The molecule has 1 N–H and O–H groups in total. The summed E-state index contributed by atoms with van der Waals surface area (Å²) < 4.78 is 14.1. The van der Waals surface area contributed by atoms with Gasteiger partial charge in [0.2, 0.25) is 0 Å².